The molecule has 1 aromatic heterocycles. The van der Waals surface area contributed by atoms with E-state index in [1.54, 1.807) is 53.4 Å². The van der Waals surface area contributed by atoms with Gasteiger partial charge in [-0.3, -0.25) is 4.79 Å². The van der Waals surface area contributed by atoms with E-state index in [9.17, 15) is 18.0 Å². The Balaban J connectivity index is 0.00000289. The van der Waals surface area contributed by atoms with Crippen LogP contribution in [0.1, 0.15) is 36.0 Å². The first-order valence-corrected chi connectivity index (χ1v) is 11.0. The Bertz CT molecular complexity index is 1200. The van der Waals surface area contributed by atoms with Crippen molar-refractivity contribution in [2.45, 2.75) is 24.6 Å². The lowest BCUT2D eigenvalue weighted by molar-refractivity contribution is -0.143. The van der Waals surface area contributed by atoms with E-state index in [-0.39, 0.29) is 20.5 Å². The van der Waals surface area contributed by atoms with Crippen LogP contribution in [0.4, 0.5) is 13.2 Å². The molecule has 0 radical (unpaired) electrons. The van der Waals surface area contributed by atoms with Gasteiger partial charge in [0.05, 0.1) is 18.0 Å². The second-order valence-corrected chi connectivity index (χ2v) is 8.39. The molecule has 5 rings (SSSR count). The maximum absolute atomic E-state index is 13.8. The van der Waals surface area contributed by atoms with Crippen molar-refractivity contribution in [3.63, 3.8) is 0 Å². The number of ether oxygens (including phenoxy) is 2. The van der Waals surface area contributed by atoms with E-state index in [0.717, 1.165) is 6.07 Å². The van der Waals surface area contributed by atoms with Gasteiger partial charge in [0, 0.05) is 32.9 Å². The van der Waals surface area contributed by atoms with E-state index in [2.05, 4.69) is 0 Å². The van der Waals surface area contributed by atoms with Gasteiger partial charge in [0.2, 0.25) is 0 Å². The van der Waals surface area contributed by atoms with Gasteiger partial charge in [-0.05, 0) is 48.5 Å². The van der Waals surface area contributed by atoms with Crippen molar-refractivity contribution in [2.24, 2.45) is 0 Å². The Morgan fingerprint density at radius 1 is 1.06 bits per heavy atom. The molecule has 1 fully saturated rings. The number of piperidine rings is 1. The van der Waals surface area contributed by atoms with Crippen molar-refractivity contribution in [3.05, 3.63) is 77.6 Å². The Morgan fingerprint density at radius 2 is 1.76 bits per heavy atom. The molecule has 2 aromatic carbocycles. The molecular weight excluding hydrogens is 449 g/mol. The normalized spacial score (nSPS) is 16.5. The monoisotopic (exact) mass is 474 g/mol. The third-order valence-corrected chi connectivity index (χ3v) is 6.37. The van der Waals surface area contributed by atoms with Gasteiger partial charge in [-0.1, -0.05) is 12.1 Å². The fraction of sp³-hybridized carbons (Fsp3) is 0.320. The number of carbonyl (C=O) groups is 1. The molecule has 1 N–H and O–H groups in total. The van der Waals surface area contributed by atoms with Crippen LogP contribution in [0, 0.1) is 0 Å². The lowest BCUT2D eigenvalue weighted by Crippen LogP contribution is -2.50. The second kappa shape index (κ2) is 8.39. The third kappa shape index (κ3) is 3.79. The number of aliphatic hydroxyl groups excluding tert-OH is 1. The minimum atomic E-state index is -4.51. The van der Waals surface area contributed by atoms with Crippen LogP contribution in [-0.2, 0) is 11.8 Å². The van der Waals surface area contributed by atoms with E-state index in [4.69, 9.17) is 14.6 Å². The van der Waals surface area contributed by atoms with Gasteiger partial charge in [-0.2, -0.15) is 13.2 Å². The molecule has 6 nitrogen and oxygen atoms in total. The molecule has 34 heavy (non-hydrogen) atoms. The largest absolute Gasteiger partial charge is 0.491 e. The SMILES string of the molecule is O=C(c1ccc(OCCO)cc1)N1CCC2(CC1)Oc1ccccc1-n1c(C(F)(F)F)ccc12.[HH]. The first-order chi connectivity index (χ1) is 16.3. The maximum Gasteiger partial charge on any atom is 0.431 e. The fourth-order valence-corrected chi connectivity index (χ4v) is 4.73. The van der Waals surface area contributed by atoms with Gasteiger partial charge in [-0.25, -0.2) is 0 Å². The number of fused-ring (bicyclic) bond motifs is 4. The van der Waals surface area contributed by atoms with Gasteiger partial charge in [-0.15, -0.1) is 0 Å². The highest BCUT2D eigenvalue weighted by atomic mass is 19.4. The van der Waals surface area contributed by atoms with E-state index in [0.29, 0.717) is 54.4 Å². The predicted octanol–water partition coefficient (Wildman–Crippen LogP) is 4.64. The Labute approximate surface area is 195 Å². The number of aromatic nitrogens is 1. The molecular formula is C25H25F3N2O4. The molecule has 9 heteroatoms. The van der Waals surface area contributed by atoms with Gasteiger partial charge in [0.25, 0.3) is 5.91 Å². The number of halogens is 3. The van der Waals surface area contributed by atoms with Crippen LogP contribution in [0.2, 0.25) is 0 Å². The topological polar surface area (TPSA) is 63.9 Å². The Morgan fingerprint density at radius 3 is 2.44 bits per heavy atom. The van der Waals surface area contributed by atoms with Crippen LogP contribution in [0.5, 0.6) is 11.5 Å². The number of amides is 1. The van der Waals surface area contributed by atoms with Gasteiger partial charge in [0.1, 0.15) is 23.8 Å². The summed E-state index contributed by atoms with van der Waals surface area (Å²) in [6, 6.07) is 16.0. The zero-order valence-corrected chi connectivity index (χ0v) is 18.2. The fourth-order valence-electron chi connectivity index (χ4n) is 4.73. The molecule has 0 saturated carbocycles. The Hall–Kier alpha value is -3.46. The number of rotatable bonds is 4. The summed E-state index contributed by atoms with van der Waals surface area (Å²) >= 11 is 0. The van der Waals surface area contributed by atoms with E-state index in [1.807, 2.05) is 0 Å². The van der Waals surface area contributed by atoms with Crippen LogP contribution < -0.4 is 9.47 Å². The summed E-state index contributed by atoms with van der Waals surface area (Å²) < 4.78 is 54.2. The molecule has 0 bridgehead atoms. The number of likely N-dealkylation sites (tertiary alicyclic amines) is 1. The minimum absolute atomic E-state index is 0. The predicted molar refractivity (Wildman–Crippen MR) is 119 cm³/mol. The van der Waals surface area contributed by atoms with Crippen molar-refractivity contribution in [1.29, 1.82) is 0 Å². The standard InChI is InChI=1S/C25H23F3N2O4.H2/c26-25(27,28)22-10-9-21-24(34-20-4-2-1-3-19(20)30(21)22)11-13-29(14-12-24)23(32)17-5-7-18(8-6-17)33-16-15-31;/h1-10,31H,11-16H2;1H. The summed E-state index contributed by atoms with van der Waals surface area (Å²) in [6.07, 6.45) is -3.77. The number of carbonyl (C=O) groups excluding carboxylic acids is 1. The molecule has 2 aliphatic rings. The molecule has 1 saturated heterocycles. The number of para-hydroxylation sites is 2. The zero-order chi connectivity index (χ0) is 23.9. The summed E-state index contributed by atoms with van der Waals surface area (Å²) in [4.78, 5) is 14.7. The molecule has 3 heterocycles. The van der Waals surface area contributed by atoms with Crippen molar-refractivity contribution < 1.29 is 34.0 Å². The molecule has 1 amide bonds. The summed E-state index contributed by atoms with van der Waals surface area (Å²) in [5.74, 6) is 0.791. The molecule has 0 atom stereocenters. The molecule has 1 spiro atoms. The number of alkyl halides is 3. The smallest absolute Gasteiger partial charge is 0.431 e. The number of benzene rings is 2. The van der Waals surface area contributed by atoms with Gasteiger partial charge < -0.3 is 24.0 Å². The highest BCUT2D eigenvalue weighted by molar-refractivity contribution is 5.94. The molecule has 0 aliphatic carbocycles. The quantitative estimate of drug-likeness (QED) is 0.599. The maximum atomic E-state index is 13.8. The summed E-state index contributed by atoms with van der Waals surface area (Å²) in [5.41, 5.74) is -0.376. The van der Waals surface area contributed by atoms with Crippen molar-refractivity contribution in [2.75, 3.05) is 26.3 Å². The van der Waals surface area contributed by atoms with Crippen LogP contribution in [0.25, 0.3) is 5.69 Å². The summed E-state index contributed by atoms with van der Waals surface area (Å²) in [6.45, 7) is 0.756. The first kappa shape index (κ1) is 22.3. The lowest BCUT2D eigenvalue weighted by Gasteiger charge is -2.45. The average Bonchev–Trinajstić information content (AvgIpc) is 3.31. The third-order valence-electron chi connectivity index (χ3n) is 6.37. The average molecular weight is 474 g/mol. The molecule has 3 aromatic rings. The first-order valence-electron chi connectivity index (χ1n) is 11.0. The molecule has 0 unspecified atom stereocenters. The van der Waals surface area contributed by atoms with Crippen LogP contribution in [0.3, 0.4) is 0 Å². The number of hydrogen-bond donors (Lipinski definition) is 1. The van der Waals surface area contributed by atoms with Gasteiger partial charge >= 0.3 is 6.18 Å². The zero-order valence-electron chi connectivity index (χ0n) is 18.2. The highest BCUT2D eigenvalue weighted by Crippen LogP contribution is 2.48. The van der Waals surface area contributed by atoms with Crippen molar-refractivity contribution in [3.8, 4) is 17.2 Å². The number of nitrogens with zero attached hydrogens (tertiary/aromatic N) is 2. The van der Waals surface area contributed by atoms with E-state index >= 15 is 0 Å². The van der Waals surface area contributed by atoms with Crippen LogP contribution in [0.15, 0.2) is 60.7 Å². The lowest BCUT2D eigenvalue weighted by atomic mass is 9.86. The van der Waals surface area contributed by atoms with Crippen molar-refractivity contribution in [1.82, 2.24) is 9.47 Å². The number of aliphatic hydroxyl groups is 1. The van der Waals surface area contributed by atoms with Gasteiger partial charge in [0.15, 0.2) is 5.60 Å². The molecule has 180 valence electrons. The van der Waals surface area contributed by atoms with E-state index < -0.39 is 17.5 Å². The van der Waals surface area contributed by atoms with Crippen LogP contribution >= 0.6 is 0 Å². The molecule has 2 aliphatic heterocycles. The summed E-state index contributed by atoms with van der Waals surface area (Å²) in [7, 11) is 0. The summed E-state index contributed by atoms with van der Waals surface area (Å²) in [5, 5.41) is 8.85. The second-order valence-electron chi connectivity index (χ2n) is 8.39. The number of hydrogen-bond acceptors (Lipinski definition) is 4. The van der Waals surface area contributed by atoms with Crippen LogP contribution in [-0.4, -0.2) is 46.8 Å². The minimum Gasteiger partial charge on any atom is -0.491 e. The van der Waals surface area contributed by atoms with E-state index in [1.165, 1.54) is 10.6 Å². The van der Waals surface area contributed by atoms with Crippen molar-refractivity contribution >= 4 is 5.91 Å². The Kier molecular flexibility index (Phi) is 5.51. The highest BCUT2D eigenvalue weighted by Gasteiger charge is 2.48.